The van der Waals surface area contributed by atoms with E-state index in [9.17, 15) is 14.9 Å². The molecule has 0 bridgehead atoms. The molecule has 2 atom stereocenters. The van der Waals surface area contributed by atoms with Gasteiger partial charge in [0.05, 0.1) is 10.8 Å². The van der Waals surface area contributed by atoms with Crippen LogP contribution in [0.3, 0.4) is 0 Å². The second-order valence-corrected chi connectivity index (χ2v) is 5.75. The Bertz CT molecular complexity index is 550. The van der Waals surface area contributed by atoms with Crippen LogP contribution in [0.15, 0.2) is 18.2 Å². The van der Waals surface area contributed by atoms with Crippen LogP contribution >= 0.6 is 11.6 Å². The molecule has 1 amide bonds. The minimum Gasteiger partial charge on any atom is -0.327 e. The Morgan fingerprint density at radius 2 is 2.05 bits per heavy atom. The normalized spacial score (nSPS) is 22.4. The molecule has 6 nitrogen and oxygen atoms in total. The van der Waals surface area contributed by atoms with Gasteiger partial charge in [0, 0.05) is 17.1 Å². The van der Waals surface area contributed by atoms with Gasteiger partial charge in [0.25, 0.3) is 5.69 Å². The molecule has 2 unspecified atom stereocenters. The molecule has 1 aromatic carbocycles. The molecule has 1 aliphatic carbocycles. The van der Waals surface area contributed by atoms with Gasteiger partial charge in [-0.05, 0) is 25.0 Å². The van der Waals surface area contributed by atoms with Crippen molar-refractivity contribution in [3.05, 3.63) is 33.3 Å². The Balaban J connectivity index is 2.18. The van der Waals surface area contributed by atoms with Crippen molar-refractivity contribution in [2.24, 2.45) is 11.7 Å². The molecule has 1 aromatic rings. The highest BCUT2D eigenvalue weighted by Gasteiger charge is 2.28. The zero-order valence-electron chi connectivity index (χ0n) is 11.5. The van der Waals surface area contributed by atoms with E-state index in [1.54, 1.807) is 0 Å². The van der Waals surface area contributed by atoms with Gasteiger partial charge in [-0.2, -0.15) is 0 Å². The van der Waals surface area contributed by atoms with Crippen LogP contribution in [0.25, 0.3) is 0 Å². The number of carbonyl (C=O) groups excluding carboxylic acids is 1. The standard InChI is InChI=1S/C14H18ClN3O3/c15-9-6-7-13(18(20)21)12(8-9)17-14(19)10-4-2-1-3-5-11(10)16/h6-8,10-11H,1-5,16H2,(H,17,19). The molecule has 1 fully saturated rings. The molecule has 0 radical (unpaired) electrons. The summed E-state index contributed by atoms with van der Waals surface area (Å²) in [6, 6.07) is 3.89. The van der Waals surface area contributed by atoms with Crippen molar-refractivity contribution in [2.75, 3.05) is 5.32 Å². The van der Waals surface area contributed by atoms with Crippen molar-refractivity contribution in [3.63, 3.8) is 0 Å². The maximum Gasteiger partial charge on any atom is 0.292 e. The van der Waals surface area contributed by atoms with Crippen molar-refractivity contribution in [3.8, 4) is 0 Å². The maximum atomic E-state index is 12.4. The van der Waals surface area contributed by atoms with E-state index < -0.39 is 4.92 Å². The van der Waals surface area contributed by atoms with Crippen molar-refractivity contribution in [2.45, 2.75) is 38.1 Å². The predicted molar refractivity (Wildman–Crippen MR) is 81.3 cm³/mol. The molecule has 1 saturated carbocycles. The number of nitro benzene ring substituents is 1. The maximum absolute atomic E-state index is 12.4. The second-order valence-electron chi connectivity index (χ2n) is 5.32. The van der Waals surface area contributed by atoms with Crippen molar-refractivity contribution in [1.29, 1.82) is 0 Å². The van der Waals surface area contributed by atoms with E-state index in [-0.39, 0.29) is 29.2 Å². The number of rotatable bonds is 3. The summed E-state index contributed by atoms with van der Waals surface area (Å²) in [5.41, 5.74) is 5.99. The topological polar surface area (TPSA) is 98.3 Å². The van der Waals surface area contributed by atoms with Gasteiger partial charge in [0.2, 0.25) is 5.91 Å². The molecule has 2 rings (SSSR count). The fourth-order valence-corrected chi connectivity index (χ4v) is 2.83. The molecule has 0 saturated heterocycles. The molecule has 21 heavy (non-hydrogen) atoms. The lowest BCUT2D eigenvalue weighted by molar-refractivity contribution is -0.383. The predicted octanol–water partition coefficient (Wildman–Crippen LogP) is 3.09. The van der Waals surface area contributed by atoms with Crippen LogP contribution in [0, 0.1) is 16.0 Å². The van der Waals surface area contributed by atoms with Crippen LogP contribution in [0.4, 0.5) is 11.4 Å². The smallest absolute Gasteiger partial charge is 0.292 e. The van der Waals surface area contributed by atoms with Crippen LogP contribution in [-0.4, -0.2) is 16.9 Å². The number of anilines is 1. The number of amides is 1. The number of nitrogens with zero attached hydrogens (tertiary/aromatic N) is 1. The number of carbonyl (C=O) groups is 1. The first-order valence-corrected chi connectivity index (χ1v) is 7.37. The number of nitro groups is 1. The molecule has 114 valence electrons. The first-order chi connectivity index (χ1) is 9.99. The summed E-state index contributed by atoms with van der Waals surface area (Å²) in [4.78, 5) is 22.8. The Morgan fingerprint density at radius 1 is 1.33 bits per heavy atom. The molecule has 0 aromatic heterocycles. The van der Waals surface area contributed by atoms with E-state index >= 15 is 0 Å². The fraction of sp³-hybridized carbons (Fsp3) is 0.500. The van der Waals surface area contributed by atoms with Crippen LogP contribution < -0.4 is 11.1 Å². The largest absolute Gasteiger partial charge is 0.327 e. The summed E-state index contributed by atoms with van der Waals surface area (Å²) in [5, 5.41) is 13.9. The minimum absolute atomic E-state index is 0.119. The van der Waals surface area contributed by atoms with Crippen molar-refractivity contribution in [1.82, 2.24) is 0 Å². The zero-order chi connectivity index (χ0) is 15.4. The van der Waals surface area contributed by atoms with Gasteiger partial charge in [-0.25, -0.2) is 0 Å². The third-order valence-electron chi connectivity index (χ3n) is 3.82. The van der Waals surface area contributed by atoms with E-state index in [2.05, 4.69) is 5.32 Å². The Hall–Kier alpha value is -1.66. The van der Waals surface area contributed by atoms with Crippen molar-refractivity contribution >= 4 is 28.9 Å². The average Bonchev–Trinajstić information content (AvgIpc) is 2.63. The number of halogens is 1. The lowest BCUT2D eigenvalue weighted by atomic mass is 9.94. The summed E-state index contributed by atoms with van der Waals surface area (Å²) in [5.74, 6) is -0.583. The van der Waals surface area contributed by atoms with E-state index in [1.165, 1.54) is 18.2 Å². The van der Waals surface area contributed by atoms with Gasteiger partial charge in [-0.3, -0.25) is 14.9 Å². The molecule has 3 N–H and O–H groups in total. The van der Waals surface area contributed by atoms with Crippen molar-refractivity contribution < 1.29 is 9.72 Å². The van der Waals surface area contributed by atoms with Gasteiger partial charge in [-0.1, -0.05) is 30.9 Å². The second kappa shape index (κ2) is 6.87. The van der Waals surface area contributed by atoms with Gasteiger partial charge in [-0.15, -0.1) is 0 Å². The molecule has 7 heteroatoms. The summed E-state index contributed by atoms with van der Waals surface area (Å²) in [6.07, 6.45) is 4.54. The lowest BCUT2D eigenvalue weighted by Gasteiger charge is -2.20. The first kappa shape index (κ1) is 15.7. The first-order valence-electron chi connectivity index (χ1n) is 6.99. The third-order valence-corrected chi connectivity index (χ3v) is 4.05. The fourth-order valence-electron chi connectivity index (χ4n) is 2.65. The Kier molecular flexibility index (Phi) is 5.14. The highest BCUT2D eigenvalue weighted by Crippen LogP contribution is 2.29. The molecule has 0 aliphatic heterocycles. The molecule has 0 heterocycles. The van der Waals surface area contributed by atoms with E-state index in [0.29, 0.717) is 11.4 Å². The van der Waals surface area contributed by atoms with Gasteiger partial charge < -0.3 is 11.1 Å². The summed E-state index contributed by atoms with van der Waals surface area (Å²) in [7, 11) is 0. The molecule has 1 aliphatic rings. The van der Waals surface area contributed by atoms with Gasteiger partial charge >= 0.3 is 0 Å². The summed E-state index contributed by atoms with van der Waals surface area (Å²) >= 11 is 5.85. The molecular weight excluding hydrogens is 294 g/mol. The van der Waals surface area contributed by atoms with Gasteiger partial charge in [0.15, 0.2) is 0 Å². The number of benzene rings is 1. The molecule has 0 spiro atoms. The summed E-state index contributed by atoms with van der Waals surface area (Å²) < 4.78 is 0. The monoisotopic (exact) mass is 311 g/mol. The van der Waals surface area contributed by atoms with E-state index in [1.807, 2.05) is 0 Å². The SMILES string of the molecule is NC1CCCCCC1C(=O)Nc1cc(Cl)ccc1[N+](=O)[O-]. The van der Waals surface area contributed by atoms with Crippen LogP contribution in [-0.2, 0) is 4.79 Å². The van der Waals surface area contributed by atoms with Gasteiger partial charge in [0.1, 0.15) is 5.69 Å². The number of hydrogen-bond acceptors (Lipinski definition) is 4. The van der Waals surface area contributed by atoms with Crippen LogP contribution in [0.1, 0.15) is 32.1 Å². The average molecular weight is 312 g/mol. The number of nitrogens with two attached hydrogens (primary N) is 1. The summed E-state index contributed by atoms with van der Waals surface area (Å²) in [6.45, 7) is 0. The van der Waals surface area contributed by atoms with E-state index in [0.717, 1.165) is 25.7 Å². The lowest BCUT2D eigenvalue weighted by Crippen LogP contribution is -2.37. The van der Waals surface area contributed by atoms with E-state index in [4.69, 9.17) is 17.3 Å². The third kappa shape index (κ3) is 3.92. The highest BCUT2D eigenvalue weighted by atomic mass is 35.5. The quantitative estimate of drug-likeness (QED) is 0.509. The highest BCUT2D eigenvalue weighted by molar-refractivity contribution is 6.31. The van der Waals surface area contributed by atoms with Crippen LogP contribution in [0.2, 0.25) is 5.02 Å². The number of nitrogens with one attached hydrogen (secondary N) is 1. The Morgan fingerprint density at radius 3 is 2.76 bits per heavy atom. The molecular formula is C14H18ClN3O3. The Labute approximate surface area is 127 Å². The van der Waals surface area contributed by atoms with Crippen LogP contribution in [0.5, 0.6) is 0 Å². The minimum atomic E-state index is -0.543. The number of hydrogen-bond donors (Lipinski definition) is 2. The zero-order valence-corrected chi connectivity index (χ0v) is 12.3.